The number of amides is 2. The third-order valence-corrected chi connectivity index (χ3v) is 7.67. The third kappa shape index (κ3) is 4.71. The van der Waals surface area contributed by atoms with Gasteiger partial charge in [-0.2, -0.15) is 8.42 Å². The van der Waals surface area contributed by atoms with E-state index in [2.05, 4.69) is 0 Å². The molecule has 1 heterocycles. The molecule has 0 aliphatic carbocycles. The number of rotatable bonds is 6. The normalized spacial score (nSPS) is 15.2. The van der Waals surface area contributed by atoms with Crippen LogP contribution in [0, 0.1) is 0 Å². The molecule has 8 heteroatoms. The Balaban J connectivity index is 1.42. The maximum Gasteiger partial charge on any atom is 0.339 e. The molecule has 1 fully saturated rings. The first-order valence-electron chi connectivity index (χ1n) is 10.7. The van der Waals surface area contributed by atoms with E-state index in [9.17, 15) is 18.0 Å². The Kier molecular flexibility index (Phi) is 6.15. The number of benzene rings is 4. The van der Waals surface area contributed by atoms with E-state index in [4.69, 9.17) is 4.18 Å². The van der Waals surface area contributed by atoms with Crippen molar-refractivity contribution >= 4 is 49.9 Å². The fraction of sp³-hybridized carbons (Fsp3) is 0.0370. The van der Waals surface area contributed by atoms with Gasteiger partial charge in [0.15, 0.2) is 0 Å². The van der Waals surface area contributed by atoms with Gasteiger partial charge < -0.3 is 4.18 Å². The number of thioether (sulfide) groups is 1. The molecule has 0 radical (unpaired) electrons. The number of carbonyl (C=O) groups is 2. The lowest BCUT2D eigenvalue weighted by molar-refractivity contribution is -0.123. The Morgan fingerprint density at radius 3 is 2.31 bits per heavy atom. The topological polar surface area (TPSA) is 80.8 Å². The van der Waals surface area contributed by atoms with Crippen LogP contribution in [0.4, 0.5) is 4.79 Å². The van der Waals surface area contributed by atoms with E-state index in [1.807, 2.05) is 42.5 Å². The highest BCUT2D eigenvalue weighted by Gasteiger charge is 2.35. The standard InChI is InChI=1S/C27H19NO5S2/c29-26-25(34-27(30)28(26)18-21-12-8-11-19-9-4-6-15-23(19)21)17-20-10-5-7-16-24(20)33-35(31,32)22-13-2-1-3-14-22/h1-17H,18H2/b25-17-. The molecule has 1 saturated heterocycles. The van der Waals surface area contributed by atoms with Crippen molar-refractivity contribution in [2.75, 3.05) is 0 Å². The van der Waals surface area contributed by atoms with Crippen LogP contribution in [0.1, 0.15) is 11.1 Å². The number of nitrogens with zero attached hydrogens (tertiary/aromatic N) is 1. The van der Waals surface area contributed by atoms with Gasteiger partial charge in [0, 0.05) is 5.56 Å². The van der Waals surface area contributed by atoms with Crippen LogP contribution in [0.25, 0.3) is 16.8 Å². The lowest BCUT2D eigenvalue weighted by Crippen LogP contribution is -2.27. The van der Waals surface area contributed by atoms with E-state index in [1.54, 1.807) is 36.4 Å². The molecular weight excluding hydrogens is 482 g/mol. The average molecular weight is 502 g/mol. The van der Waals surface area contributed by atoms with Gasteiger partial charge >= 0.3 is 10.1 Å². The molecule has 0 N–H and O–H groups in total. The van der Waals surface area contributed by atoms with Crippen LogP contribution in [-0.4, -0.2) is 24.5 Å². The number of hydrogen-bond acceptors (Lipinski definition) is 6. The third-order valence-electron chi connectivity index (χ3n) is 5.52. The van der Waals surface area contributed by atoms with Crippen LogP contribution in [0.3, 0.4) is 0 Å². The number of imide groups is 1. The maximum absolute atomic E-state index is 13.1. The quantitative estimate of drug-likeness (QED) is 0.244. The fourth-order valence-electron chi connectivity index (χ4n) is 3.81. The summed E-state index contributed by atoms with van der Waals surface area (Å²) in [5.41, 5.74) is 1.24. The summed E-state index contributed by atoms with van der Waals surface area (Å²) in [4.78, 5) is 27.3. The van der Waals surface area contributed by atoms with Crippen molar-refractivity contribution in [1.29, 1.82) is 0 Å². The molecule has 0 unspecified atom stereocenters. The monoisotopic (exact) mass is 501 g/mol. The van der Waals surface area contributed by atoms with Gasteiger partial charge in [-0.25, -0.2) is 0 Å². The van der Waals surface area contributed by atoms with Crippen molar-refractivity contribution in [3.63, 3.8) is 0 Å². The number of hydrogen-bond donors (Lipinski definition) is 0. The molecule has 0 spiro atoms. The van der Waals surface area contributed by atoms with Crippen LogP contribution in [0.2, 0.25) is 0 Å². The van der Waals surface area contributed by atoms with Crippen LogP contribution >= 0.6 is 11.8 Å². The fourth-order valence-corrected chi connectivity index (χ4v) is 5.61. The first kappa shape index (κ1) is 22.9. The van der Waals surface area contributed by atoms with Gasteiger partial charge in [0.25, 0.3) is 11.1 Å². The molecule has 0 atom stereocenters. The predicted octanol–water partition coefficient (Wildman–Crippen LogP) is 5.84. The minimum Gasteiger partial charge on any atom is -0.378 e. The average Bonchev–Trinajstić information content (AvgIpc) is 3.13. The van der Waals surface area contributed by atoms with E-state index < -0.39 is 16.0 Å². The first-order chi connectivity index (χ1) is 16.9. The van der Waals surface area contributed by atoms with Crippen LogP contribution in [-0.2, 0) is 21.5 Å². The number of carbonyl (C=O) groups excluding carboxylic acids is 2. The molecule has 4 aromatic carbocycles. The highest BCUT2D eigenvalue weighted by atomic mass is 32.2. The lowest BCUT2D eigenvalue weighted by Gasteiger charge is -2.14. The first-order valence-corrected chi connectivity index (χ1v) is 13.0. The molecule has 0 aromatic heterocycles. The van der Waals surface area contributed by atoms with Crippen molar-refractivity contribution in [2.45, 2.75) is 11.4 Å². The van der Waals surface area contributed by atoms with Crippen LogP contribution in [0.15, 0.2) is 107 Å². The Labute approximate surface area is 207 Å². The summed E-state index contributed by atoms with van der Waals surface area (Å²) < 4.78 is 30.8. The van der Waals surface area contributed by atoms with Gasteiger partial charge in [0.2, 0.25) is 0 Å². The van der Waals surface area contributed by atoms with Gasteiger partial charge in [0.1, 0.15) is 10.6 Å². The van der Waals surface area contributed by atoms with Crippen LogP contribution in [0.5, 0.6) is 5.75 Å². The zero-order valence-electron chi connectivity index (χ0n) is 18.3. The maximum atomic E-state index is 13.1. The Bertz CT molecular complexity index is 1570. The van der Waals surface area contributed by atoms with Crippen molar-refractivity contribution < 1.29 is 22.2 Å². The molecule has 174 valence electrons. The van der Waals surface area contributed by atoms with Gasteiger partial charge in [0.05, 0.1) is 11.4 Å². The smallest absolute Gasteiger partial charge is 0.339 e. The lowest BCUT2D eigenvalue weighted by atomic mass is 10.0. The van der Waals surface area contributed by atoms with Gasteiger partial charge in [-0.05, 0) is 52.4 Å². The zero-order valence-corrected chi connectivity index (χ0v) is 20.0. The molecule has 1 aliphatic heterocycles. The van der Waals surface area contributed by atoms with Crippen molar-refractivity contribution in [1.82, 2.24) is 4.90 Å². The summed E-state index contributed by atoms with van der Waals surface area (Å²) in [6.07, 6.45) is 1.49. The summed E-state index contributed by atoms with van der Waals surface area (Å²) >= 11 is 0.818. The second-order valence-corrected chi connectivity index (χ2v) is 10.3. The second-order valence-electron chi connectivity index (χ2n) is 7.79. The molecule has 6 nitrogen and oxygen atoms in total. The Hall–Kier alpha value is -3.88. The minimum absolute atomic E-state index is 0.0187. The van der Waals surface area contributed by atoms with E-state index in [1.165, 1.54) is 29.2 Å². The largest absolute Gasteiger partial charge is 0.378 e. The molecule has 35 heavy (non-hydrogen) atoms. The molecule has 0 bridgehead atoms. The van der Waals surface area contributed by atoms with E-state index in [-0.39, 0.29) is 27.3 Å². The number of para-hydroxylation sites is 1. The zero-order chi connectivity index (χ0) is 24.4. The minimum atomic E-state index is -4.06. The summed E-state index contributed by atoms with van der Waals surface area (Å²) in [5.74, 6) is -0.370. The van der Waals surface area contributed by atoms with Crippen molar-refractivity contribution in [2.24, 2.45) is 0 Å². The molecular formula is C27H19NO5S2. The highest BCUT2D eigenvalue weighted by Crippen LogP contribution is 2.36. The predicted molar refractivity (Wildman–Crippen MR) is 136 cm³/mol. The van der Waals surface area contributed by atoms with Gasteiger partial charge in [-0.3, -0.25) is 14.5 Å². The van der Waals surface area contributed by atoms with Gasteiger partial charge in [-0.15, -0.1) is 0 Å². The Morgan fingerprint density at radius 2 is 1.49 bits per heavy atom. The molecule has 1 aliphatic rings. The Morgan fingerprint density at radius 1 is 0.800 bits per heavy atom. The van der Waals surface area contributed by atoms with E-state index >= 15 is 0 Å². The second kappa shape index (κ2) is 9.40. The summed E-state index contributed by atoms with van der Waals surface area (Å²) in [6.45, 7) is 0.143. The number of fused-ring (bicyclic) bond motifs is 1. The van der Waals surface area contributed by atoms with Crippen LogP contribution < -0.4 is 4.18 Å². The van der Waals surface area contributed by atoms with Gasteiger partial charge in [-0.1, -0.05) is 78.9 Å². The van der Waals surface area contributed by atoms with Crippen molar-refractivity contribution in [3.8, 4) is 5.75 Å². The summed E-state index contributed by atoms with van der Waals surface area (Å²) in [7, 11) is -4.06. The van der Waals surface area contributed by atoms with E-state index in [0.29, 0.717) is 5.56 Å². The summed E-state index contributed by atoms with van der Waals surface area (Å²) in [6, 6.07) is 27.8. The molecule has 2 amide bonds. The molecule has 5 rings (SSSR count). The van der Waals surface area contributed by atoms with Crippen molar-refractivity contribution in [3.05, 3.63) is 113 Å². The summed E-state index contributed by atoms with van der Waals surface area (Å²) in [5, 5.41) is 1.62. The SMILES string of the molecule is O=C1S/C(=C\c2ccccc2OS(=O)(=O)c2ccccc2)C(=O)N1Cc1cccc2ccccc12. The van der Waals surface area contributed by atoms with E-state index in [0.717, 1.165) is 28.1 Å². The highest BCUT2D eigenvalue weighted by molar-refractivity contribution is 8.18. The molecule has 4 aromatic rings. The molecule has 0 saturated carbocycles.